The third kappa shape index (κ3) is 2.41. The van der Waals surface area contributed by atoms with Crippen LogP contribution in [-0.4, -0.2) is 35.0 Å². The fraction of sp³-hybridized carbons (Fsp3) is 0.467. The number of aromatic carboxylic acids is 1. The van der Waals surface area contributed by atoms with E-state index in [9.17, 15) is 9.59 Å². The van der Waals surface area contributed by atoms with Crippen molar-refractivity contribution in [3.05, 3.63) is 34.9 Å². The number of amides is 1. The van der Waals surface area contributed by atoms with Crippen LogP contribution < -0.4 is 5.32 Å². The molecule has 3 rings (SSSR count). The number of carboxylic acids is 1. The fourth-order valence-electron chi connectivity index (χ4n) is 3.01. The predicted molar refractivity (Wildman–Crippen MR) is 73.2 cm³/mol. The molecule has 2 aliphatic rings. The molecular weight excluding hydrogens is 256 g/mol. The lowest BCUT2D eigenvalue weighted by molar-refractivity contribution is -0.137. The van der Waals surface area contributed by atoms with Crippen molar-refractivity contribution < 1.29 is 14.7 Å². The van der Waals surface area contributed by atoms with Gasteiger partial charge in [-0.2, -0.15) is 0 Å². The highest BCUT2D eigenvalue weighted by Gasteiger charge is 2.30. The van der Waals surface area contributed by atoms with Gasteiger partial charge in [-0.3, -0.25) is 4.79 Å². The Hall–Kier alpha value is -1.88. The summed E-state index contributed by atoms with van der Waals surface area (Å²) in [7, 11) is 0. The highest BCUT2D eigenvalue weighted by Crippen LogP contribution is 2.27. The van der Waals surface area contributed by atoms with Gasteiger partial charge in [0.2, 0.25) is 5.91 Å². The third-order valence-electron chi connectivity index (χ3n) is 4.18. The Morgan fingerprint density at radius 2 is 1.85 bits per heavy atom. The fourth-order valence-corrected chi connectivity index (χ4v) is 3.01. The van der Waals surface area contributed by atoms with E-state index in [-0.39, 0.29) is 11.8 Å². The minimum absolute atomic E-state index is 0.115. The number of carbonyl (C=O) groups is 2. The molecule has 2 heterocycles. The van der Waals surface area contributed by atoms with Crippen molar-refractivity contribution in [1.29, 1.82) is 0 Å². The molecule has 1 amide bonds. The summed E-state index contributed by atoms with van der Waals surface area (Å²) in [4.78, 5) is 25.3. The summed E-state index contributed by atoms with van der Waals surface area (Å²) in [6.45, 7) is 2.96. The Balaban J connectivity index is 1.73. The van der Waals surface area contributed by atoms with Crippen molar-refractivity contribution >= 4 is 11.9 Å². The Morgan fingerprint density at radius 3 is 2.55 bits per heavy atom. The second-order valence-electron chi connectivity index (χ2n) is 5.51. The zero-order valence-corrected chi connectivity index (χ0v) is 11.3. The molecule has 0 aliphatic carbocycles. The van der Waals surface area contributed by atoms with Gasteiger partial charge in [0.15, 0.2) is 0 Å². The molecule has 0 radical (unpaired) electrons. The average molecular weight is 274 g/mol. The van der Waals surface area contributed by atoms with E-state index >= 15 is 0 Å². The lowest BCUT2D eigenvalue weighted by Crippen LogP contribution is -2.38. The molecule has 0 aromatic heterocycles. The number of fused-ring (bicyclic) bond motifs is 1. The molecule has 0 spiro atoms. The maximum Gasteiger partial charge on any atom is 0.335 e. The van der Waals surface area contributed by atoms with Gasteiger partial charge in [0.05, 0.1) is 5.56 Å². The van der Waals surface area contributed by atoms with E-state index in [0.717, 1.165) is 37.1 Å². The molecule has 20 heavy (non-hydrogen) atoms. The van der Waals surface area contributed by atoms with Gasteiger partial charge >= 0.3 is 5.97 Å². The molecule has 106 valence electrons. The molecule has 0 bridgehead atoms. The highest BCUT2D eigenvalue weighted by atomic mass is 16.4. The van der Waals surface area contributed by atoms with Crippen LogP contribution >= 0.6 is 0 Å². The van der Waals surface area contributed by atoms with E-state index in [1.165, 1.54) is 0 Å². The number of nitrogens with zero attached hydrogens (tertiary/aromatic N) is 1. The molecule has 1 aromatic rings. The first-order valence-electron chi connectivity index (χ1n) is 7.00. The van der Waals surface area contributed by atoms with Crippen LogP contribution in [0.25, 0.3) is 0 Å². The molecule has 1 fully saturated rings. The second kappa shape index (κ2) is 5.25. The van der Waals surface area contributed by atoms with Gasteiger partial charge < -0.3 is 15.3 Å². The topological polar surface area (TPSA) is 69.6 Å². The van der Waals surface area contributed by atoms with E-state index < -0.39 is 5.97 Å². The predicted octanol–water partition coefficient (Wildman–Crippen LogP) is 1.23. The van der Waals surface area contributed by atoms with Crippen molar-refractivity contribution in [2.75, 3.05) is 13.1 Å². The number of piperidine rings is 1. The van der Waals surface area contributed by atoms with Gasteiger partial charge in [0.25, 0.3) is 0 Å². The molecule has 5 heteroatoms. The normalized spacial score (nSPS) is 18.9. The van der Waals surface area contributed by atoms with Gasteiger partial charge in [0, 0.05) is 19.0 Å². The number of carbonyl (C=O) groups excluding carboxylic acids is 1. The average Bonchev–Trinajstić information content (AvgIpc) is 2.90. The second-order valence-corrected chi connectivity index (χ2v) is 5.51. The van der Waals surface area contributed by atoms with Crippen LogP contribution in [-0.2, 0) is 17.9 Å². The Bertz CT molecular complexity index is 550. The van der Waals surface area contributed by atoms with Crippen LogP contribution in [0, 0.1) is 5.92 Å². The molecular formula is C15H18N2O3. The monoisotopic (exact) mass is 274 g/mol. The quantitative estimate of drug-likeness (QED) is 0.851. The Kier molecular flexibility index (Phi) is 3.44. The number of hydrogen-bond donors (Lipinski definition) is 2. The SMILES string of the molecule is O=C(O)c1ccc2c(c1)CN(C(=O)C1CCNCC1)C2. The van der Waals surface area contributed by atoms with Crippen LogP contribution in [0.4, 0.5) is 0 Å². The first kappa shape index (κ1) is 13.1. The maximum absolute atomic E-state index is 12.5. The lowest BCUT2D eigenvalue weighted by atomic mass is 9.97. The van der Waals surface area contributed by atoms with Crippen LogP contribution in [0.3, 0.4) is 0 Å². The van der Waals surface area contributed by atoms with Gasteiger partial charge in [-0.25, -0.2) is 4.79 Å². The van der Waals surface area contributed by atoms with Crippen LogP contribution in [0.2, 0.25) is 0 Å². The smallest absolute Gasteiger partial charge is 0.335 e. The van der Waals surface area contributed by atoms with E-state index in [4.69, 9.17) is 5.11 Å². The zero-order valence-electron chi connectivity index (χ0n) is 11.3. The summed E-state index contributed by atoms with van der Waals surface area (Å²) in [6.07, 6.45) is 1.79. The summed E-state index contributed by atoms with van der Waals surface area (Å²) < 4.78 is 0. The van der Waals surface area contributed by atoms with Crippen LogP contribution in [0.5, 0.6) is 0 Å². The minimum atomic E-state index is -0.920. The summed E-state index contributed by atoms with van der Waals surface area (Å²) in [5, 5.41) is 12.3. The van der Waals surface area contributed by atoms with E-state index in [0.29, 0.717) is 18.7 Å². The van der Waals surface area contributed by atoms with Gasteiger partial charge in [-0.15, -0.1) is 0 Å². The summed E-state index contributed by atoms with van der Waals surface area (Å²) in [5.74, 6) is -0.597. The first-order valence-corrected chi connectivity index (χ1v) is 7.00. The van der Waals surface area contributed by atoms with Crippen molar-refractivity contribution in [2.45, 2.75) is 25.9 Å². The molecule has 2 aliphatic heterocycles. The Labute approximate surface area is 117 Å². The molecule has 0 saturated carbocycles. The van der Waals surface area contributed by atoms with Crippen molar-refractivity contribution in [3.63, 3.8) is 0 Å². The number of carboxylic acid groups (broad SMARTS) is 1. The molecule has 2 N–H and O–H groups in total. The number of rotatable bonds is 2. The Morgan fingerprint density at radius 1 is 1.15 bits per heavy atom. The zero-order chi connectivity index (χ0) is 14.1. The van der Waals surface area contributed by atoms with Crippen LogP contribution in [0.15, 0.2) is 18.2 Å². The van der Waals surface area contributed by atoms with Crippen LogP contribution in [0.1, 0.15) is 34.3 Å². The van der Waals surface area contributed by atoms with Crippen molar-refractivity contribution in [3.8, 4) is 0 Å². The van der Waals surface area contributed by atoms with Crippen molar-refractivity contribution in [1.82, 2.24) is 10.2 Å². The highest BCUT2D eigenvalue weighted by molar-refractivity contribution is 5.88. The molecule has 0 atom stereocenters. The largest absolute Gasteiger partial charge is 0.478 e. The molecule has 1 aromatic carbocycles. The van der Waals surface area contributed by atoms with Crippen molar-refractivity contribution in [2.24, 2.45) is 5.92 Å². The number of nitrogens with one attached hydrogen (secondary N) is 1. The maximum atomic E-state index is 12.5. The standard InChI is InChI=1S/C15H18N2O3/c18-14(10-3-5-16-6-4-10)17-8-12-2-1-11(15(19)20)7-13(12)9-17/h1-2,7,10,16H,3-6,8-9H2,(H,19,20). The summed E-state index contributed by atoms with van der Waals surface area (Å²) >= 11 is 0. The number of benzene rings is 1. The first-order chi connectivity index (χ1) is 9.65. The molecule has 0 unspecified atom stereocenters. The van der Waals surface area contributed by atoms with E-state index in [1.807, 2.05) is 11.0 Å². The third-order valence-corrected chi connectivity index (χ3v) is 4.18. The molecule has 5 nitrogen and oxygen atoms in total. The number of hydrogen-bond acceptors (Lipinski definition) is 3. The minimum Gasteiger partial charge on any atom is -0.478 e. The lowest BCUT2D eigenvalue weighted by Gasteiger charge is -2.26. The van der Waals surface area contributed by atoms with E-state index in [2.05, 4.69) is 5.32 Å². The van der Waals surface area contributed by atoms with Gasteiger partial charge in [0.1, 0.15) is 0 Å². The molecule has 1 saturated heterocycles. The van der Waals surface area contributed by atoms with E-state index in [1.54, 1.807) is 12.1 Å². The van der Waals surface area contributed by atoms with Gasteiger partial charge in [-0.1, -0.05) is 6.07 Å². The summed E-state index contributed by atoms with van der Waals surface area (Å²) in [6, 6.07) is 5.13. The van der Waals surface area contributed by atoms with Gasteiger partial charge in [-0.05, 0) is 49.2 Å². The summed E-state index contributed by atoms with van der Waals surface area (Å²) in [5.41, 5.74) is 2.32.